The van der Waals surface area contributed by atoms with Gasteiger partial charge in [0.1, 0.15) is 5.60 Å². The number of rotatable bonds is 8. The van der Waals surface area contributed by atoms with E-state index in [1.807, 2.05) is 6.92 Å². The Balaban J connectivity index is 1.17. The number of benzene rings is 3. The second-order valence-corrected chi connectivity index (χ2v) is 10.4. The van der Waals surface area contributed by atoms with E-state index in [1.54, 1.807) is 0 Å². The molecule has 1 atom stereocenters. The maximum absolute atomic E-state index is 10.8. The third kappa shape index (κ3) is 4.84. The van der Waals surface area contributed by atoms with Gasteiger partial charge in [-0.05, 0) is 67.3 Å². The summed E-state index contributed by atoms with van der Waals surface area (Å²) in [6.07, 6.45) is 4.23. The maximum atomic E-state index is 10.8. The quantitative estimate of drug-likeness (QED) is 0.252. The largest absolute Gasteiger partial charge is 0.456 e. The van der Waals surface area contributed by atoms with Crippen molar-refractivity contribution in [2.24, 2.45) is 0 Å². The summed E-state index contributed by atoms with van der Waals surface area (Å²) in [6.45, 7) is 5.61. The first kappa shape index (κ1) is 23.7. The van der Waals surface area contributed by atoms with Crippen LogP contribution in [0.15, 0.2) is 83.4 Å². The van der Waals surface area contributed by atoms with Gasteiger partial charge >= 0.3 is 0 Å². The lowest BCUT2D eigenvalue weighted by Crippen LogP contribution is -2.34. The lowest BCUT2D eigenvalue weighted by Gasteiger charge is -2.33. The van der Waals surface area contributed by atoms with Gasteiger partial charge in [-0.1, -0.05) is 84.0 Å². The molecule has 5 heteroatoms. The molecular formula is C32H32N2O3. The minimum Gasteiger partial charge on any atom is -0.456 e. The number of hydrogen-bond donors (Lipinski definition) is 0. The summed E-state index contributed by atoms with van der Waals surface area (Å²) < 4.78 is 11.2. The van der Waals surface area contributed by atoms with Gasteiger partial charge in [-0.25, -0.2) is 0 Å². The SMILES string of the molecule is Cc1noc(-c2ccc(-c3ccc(C4(OC=O)CC4)cc3)cc2)c1CN1CCCC(c2ccccc2)C1. The number of ether oxygens (including phenoxy) is 1. The van der Waals surface area contributed by atoms with E-state index in [-0.39, 0.29) is 0 Å². The normalized spacial score (nSPS) is 18.9. The minimum atomic E-state index is -0.403. The van der Waals surface area contributed by atoms with E-state index < -0.39 is 5.60 Å². The molecule has 0 N–H and O–H groups in total. The van der Waals surface area contributed by atoms with Crippen molar-refractivity contribution in [3.05, 3.63) is 101 Å². The van der Waals surface area contributed by atoms with Gasteiger partial charge in [-0.3, -0.25) is 9.69 Å². The van der Waals surface area contributed by atoms with E-state index in [0.29, 0.717) is 12.4 Å². The van der Waals surface area contributed by atoms with Crippen molar-refractivity contribution >= 4 is 6.47 Å². The molecular weight excluding hydrogens is 460 g/mol. The van der Waals surface area contributed by atoms with Crippen LogP contribution in [0, 0.1) is 6.92 Å². The molecule has 1 saturated heterocycles. The summed E-state index contributed by atoms with van der Waals surface area (Å²) in [4.78, 5) is 13.4. The van der Waals surface area contributed by atoms with Gasteiger partial charge in [0, 0.05) is 24.2 Å². The van der Waals surface area contributed by atoms with Crippen molar-refractivity contribution < 1.29 is 14.1 Å². The molecule has 1 saturated carbocycles. The van der Waals surface area contributed by atoms with Crippen LogP contribution in [-0.2, 0) is 21.7 Å². The van der Waals surface area contributed by atoms with Gasteiger partial charge in [0.05, 0.1) is 5.69 Å². The Morgan fingerprint density at radius 2 is 1.65 bits per heavy atom. The molecule has 2 fully saturated rings. The van der Waals surface area contributed by atoms with Crippen molar-refractivity contribution in [2.75, 3.05) is 13.1 Å². The molecule has 37 heavy (non-hydrogen) atoms. The van der Waals surface area contributed by atoms with Crippen molar-refractivity contribution in [1.29, 1.82) is 0 Å². The summed E-state index contributed by atoms with van der Waals surface area (Å²) in [7, 11) is 0. The predicted octanol–water partition coefficient (Wildman–Crippen LogP) is 6.86. The molecule has 188 valence electrons. The highest BCUT2D eigenvalue weighted by Crippen LogP contribution is 2.49. The van der Waals surface area contributed by atoms with E-state index in [2.05, 4.69) is 88.9 Å². The average molecular weight is 493 g/mol. The van der Waals surface area contributed by atoms with E-state index in [4.69, 9.17) is 9.26 Å². The molecule has 0 spiro atoms. The van der Waals surface area contributed by atoms with Gasteiger partial charge in [0.2, 0.25) is 0 Å². The monoisotopic (exact) mass is 492 g/mol. The summed E-state index contributed by atoms with van der Waals surface area (Å²) in [5.74, 6) is 1.44. The molecule has 1 aliphatic carbocycles. The summed E-state index contributed by atoms with van der Waals surface area (Å²) in [5.41, 5.74) is 7.54. The zero-order valence-electron chi connectivity index (χ0n) is 21.2. The number of likely N-dealkylation sites (tertiary alicyclic amines) is 1. The molecule has 1 aliphatic heterocycles. The molecule has 2 heterocycles. The topological polar surface area (TPSA) is 55.6 Å². The van der Waals surface area contributed by atoms with Crippen LogP contribution in [0.2, 0.25) is 0 Å². The lowest BCUT2D eigenvalue weighted by atomic mass is 9.90. The van der Waals surface area contributed by atoms with Crippen LogP contribution in [0.25, 0.3) is 22.5 Å². The molecule has 0 radical (unpaired) electrons. The van der Waals surface area contributed by atoms with Gasteiger partial charge in [0.15, 0.2) is 5.76 Å². The third-order valence-corrected chi connectivity index (χ3v) is 8.01. The second-order valence-electron chi connectivity index (χ2n) is 10.4. The molecule has 1 aromatic heterocycles. The van der Waals surface area contributed by atoms with Crippen molar-refractivity contribution in [3.63, 3.8) is 0 Å². The Bertz CT molecular complexity index is 1360. The Hall–Kier alpha value is -3.70. The summed E-state index contributed by atoms with van der Waals surface area (Å²) in [6, 6.07) is 27.7. The minimum absolute atomic E-state index is 0.403. The van der Waals surface area contributed by atoms with Gasteiger partial charge in [-0.2, -0.15) is 0 Å². The van der Waals surface area contributed by atoms with Crippen LogP contribution >= 0.6 is 0 Å². The number of nitrogens with zero attached hydrogens (tertiary/aromatic N) is 2. The molecule has 5 nitrogen and oxygen atoms in total. The number of hydrogen-bond acceptors (Lipinski definition) is 5. The average Bonchev–Trinajstić information content (AvgIpc) is 3.66. The van der Waals surface area contributed by atoms with Crippen LogP contribution in [0.3, 0.4) is 0 Å². The predicted molar refractivity (Wildman–Crippen MR) is 144 cm³/mol. The smallest absolute Gasteiger partial charge is 0.293 e. The number of aromatic nitrogens is 1. The first-order valence-electron chi connectivity index (χ1n) is 13.2. The number of piperidine rings is 1. The van der Waals surface area contributed by atoms with E-state index in [0.717, 1.165) is 66.2 Å². The van der Waals surface area contributed by atoms with Crippen LogP contribution in [0.5, 0.6) is 0 Å². The van der Waals surface area contributed by atoms with Crippen LogP contribution in [0.1, 0.15) is 54.0 Å². The van der Waals surface area contributed by atoms with E-state index in [9.17, 15) is 4.79 Å². The summed E-state index contributed by atoms with van der Waals surface area (Å²) >= 11 is 0. The molecule has 6 rings (SSSR count). The van der Waals surface area contributed by atoms with E-state index in [1.165, 1.54) is 24.0 Å². The molecule has 1 unspecified atom stereocenters. The van der Waals surface area contributed by atoms with Gasteiger partial charge in [-0.15, -0.1) is 0 Å². The summed E-state index contributed by atoms with van der Waals surface area (Å²) in [5, 5.41) is 4.33. The lowest BCUT2D eigenvalue weighted by molar-refractivity contribution is -0.136. The number of carbonyl (C=O) groups excluding carboxylic acids is 1. The fourth-order valence-electron chi connectivity index (χ4n) is 5.68. The third-order valence-electron chi connectivity index (χ3n) is 8.01. The Morgan fingerprint density at radius 1 is 0.973 bits per heavy atom. The van der Waals surface area contributed by atoms with E-state index >= 15 is 0 Å². The Kier molecular flexibility index (Phi) is 6.39. The fraction of sp³-hybridized carbons (Fsp3) is 0.312. The molecule has 0 bridgehead atoms. The number of carbonyl (C=O) groups is 1. The first-order chi connectivity index (χ1) is 18.1. The molecule has 3 aromatic carbocycles. The zero-order chi connectivity index (χ0) is 25.2. The second kappa shape index (κ2) is 9.98. The van der Waals surface area contributed by atoms with Crippen molar-refractivity contribution in [2.45, 2.75) is 50.7 Å². The maximum Gasteiger partial charge on any atom is 0.293 e. The van der Waals surface area contributed by atoms with Crippen LogP contribution < -0.4 is 0 Å². The Labute approximate surface area is 218 Å². The van der Waals surface area contributed by atoms with Gasteiger partial charge in [0.25, 0.3) is 6.47 Å². The van der Waals surface area contributed by atoms with Crippen LogP contribution in [0.4, 0.5) is 0 Å². The molecule has 2 aliphatic rings. The fourth-order valence-corrected chi connectivity index (χ4v) is 5.68. The highest BCUT2D eigenvalue weighted by atomic mass is 16.5. The molecule has 0 amide bonds. The van der Waals surface area contributed by atoms with Crippen LogP contribution in [-0.4, -0.2) is 29.6 Å². The zero-order valence-corrected chi connectivity index (χ0v) is 21.2. The van der Waals surface area contributed by atoms with Crippen molar-refractivity contribution in [3.8, 4) is 22.5 Å². The Morgan fingerprint density at radius 3 is 2.32 bits per heavy atom. The molecule has 4 aromatic rings. The first-order valence-corrected chi connectivity index (χ1v) is 13.2. The highest BCUT2D eigenvalue weighted by Gasteiger charge is 2.46. The van der Waals surface area contributed by atoms with Gasteiger partial charge < -0.3 is 9.26 Å². The highest BCUT2D eigenvalue weighted by molar-refractivity contribution is 5.70. The van der Waals surface area contributed by atoms with Crippen molar-refractivity contribution in [1.82, 2.24) is 10.1 Å². The standard InChI is InChI=1S/C32H32N2O3/c1-23-30(21-34-19-5-8-28(20-34)24-6-3-2-4-7-24)31(37-33-23)27-11-9-25(10-12-27)26-13-15-29(16-14-26)32(17-18-32)36-22-35/h2-4,6-7,9-16,22,28H,5,8,17-21H2,1H3. The number of aryl methyl sites for hydroxylation is 1.